The summed E-state index contributed by atoms with van der Waals surface area (Å²) in [5, 5.41) is 54.3. The summed E-state index contributed by atoms with van der Waals surface area (Å²) in [6, 6.07) is 72.6. The summed E-state index contributed by atoms with van der Waals surface area (Å²) in [7, 11) is 0. The standard InChI is InChI=1S/C16H14N3.2C14H16N3.3C13H14N3.6Ir/c1-2-8-13-12(6-1)7-5-9-14(13)16-18-17-15-10-3-4-11-19(15)16;1-14(2)9-6-10-17-12(15-16-13(14)17)11-7-4-3-5-8-11;1-10-8-9-11(2)17-13(10)15-16-14(17)12-6-4-3-5-7-12;1-10-6-5-9-12-14-15-13(16(10)12)11-7-3-2-4-8-11;1-10-7-8-16-12(9-10)14-15-13(16)11-5-3-2-4-6-11;1-10-7-8-12-14-15-13(16(12)9-10)11-5-3-2-4-6-11;;;;;;/h1-2,5-8H,3-4,10-11H2;3-5,7H,6,9-10H2,1-2H3;3-6,10-11H,8-9H2,1-2H3;2-4,7,10H,5-6,9H2,1H3;2*2-5,10H,7-9H2,1H3;;;;;;/q6*-1;;;;;;. The van der Waals surface area contributed by atoms with E-state index in [2.05, 4.69) is 204 Å². The maximum atomic E-state index is 4.40. The van der Waals surface area contributed by atoms with Crippen molar-refractivity contribution >= 4 is 10.8 Å². The van der Waals surface area contributed by atoms with Crippen molar-refractivity contribution in [1.29, 1.82) is 0 Å². The van der Waals surface area contributed by atoms with Crippen LogP contribution in [0.1, 0.15) is 166 Å². The van der Waals surface area contributed by atoms with E-state index in [1.54, 1.807) is 0 Å². The summed E-state index contributed by atoms with van der Waals surface area (Å²) in [4.78, 5) is 0. The third-order valence-electron chi connectivity index (χ3n) is 20.3. The Kier molecular flexibility index (Phi) is 32.6. The smallest absolute Gasteiger partial charge is 0.129 e. The molecule has 13 aromatic rings. The molecule has 5 atom stereocenters. The third-order valence-corrected chi connectivity index (χ3v) is 20.3. The molecule has 107 heavy (non-hydrogen) atoms. The first kappa shape index (κ1) is 86.1. The Hall–Kier alpha value is -6.46. The zero-order chi connectivity index (χ0) is 69.2. The van der Waals surface area contributed by atoms with Gasteiger partial charge in [0, 0.05) is 196 Å². The van der Waals surface area contributed by atoms with Crippen LogP contribution < -0.4 is 0 Å². The molecule has 0 N–H and O–H groups in total. The van der Waals surface area contributed by atoms with Crippen LogP contribution in [0, 0.1) is 48.2 Å². The van der Waals surface area contributed by atoms with Gasteiger partial charge in [-0.15, -0.1) is 234 Å². The summed E-state index contributed by atoms with van der Waals surface area (Å²) in [5.74, 6) is 14.4. The number of hydrogen-bond donors (Lipinski definition) is 0. The zero-order valence-corrected chi connectivity index (χ0v) is 75.5. The number of aromatic nitrogens is 18. The minimum Gasteiger partial charge on any atom is -0.351 e. The van der Waals surface area contributed by atoms with Crippen molar-refractivity contribution < 1.29 is 121 Å². The minimum absolute atomic E-state index is 0. The van der Waals surface area contributed by atoms with Crippen molar-refractivity contribution in [3.8, 4) is 68.3 Å². The van der Waals surface area contributed by atoms with Gasteiger partial charge in [0.25, 0.3) is 0 Å². The van der Waals surface area contributed by atoms with E-state index in [0.29, 0.717) is 23.9 Å². The maximum Gasteiger partial charge on any atom is 0.129 e. The molecule has 19 rings (SSSR count). The first-order chi connectivity index (χ1) is 49.4. The Balaban J connectivity index is 0.000000160. The molecule has 24 heteroatoms. The van der Waals surface area contributed by atoms with Crippen molar-refractivity contribution in [3.05, 3.63) is 229 Å². The van der Waals surface area contributed by atoms with Crippen molar-refractivity contribution in [2.45, 2.75) is 188 Å². The molecule has 6 aromatic heterocycles. The number of hydrogen-bond acceptors (Lipinski definition) is 12. The Labute approximate surface area is 710 Å². The Bertz CT molecular complexity index is 4840. The fourth-order valence-corrected chi connectivity index (χ4v) is 14.7. The largest absolute Gasteiger partial charge is 0.351 e. The van der Waals surface area contributed by atoms with Crippen molar-refractivity contribution in [1.82, 2.24) is 88.6 Å². The van der Waals surface area contributed by atoms with Crippen LogP contribution in [0.2, 0.25) is 0 Å². The van der Waals surface area contributed by atoms with Crippen molar-refractivity contribution in [2.24, 2.45) is 11.8 Å². The van der Waals surface area contributed by atoms with Crippen LogP contribution in [-0.4, -0.2) is 88.6 Å². The minimum atomic E-state index is 0. The molecular weight excluding hydrogens is 2400 g/mol. The molecule has 0 amide bonds. The average molecular weight is 2490 g/mol. The summed E-state index contributed by atoms with van der Waals surface area (Å²) in [6.45, 7) is 19.8. The van der Waals surface area contributed by atoms with E-state index in [-0.39, 0.29) is 126 Å². The number of nitrogens with zero attached hydrogens (tertiary/aromatic N) is 18. The second-order valence-electron chi connectivity index (χ2n) is 28.4. The summed E-state index contributed by atoms with van der Waals surface area (Å²) in [6.07, 6.45) is 16.2. The fourth-order valence-electron chi connectivity index (χ4n) is 14.7. The SMILES string of the molecule is CC1(C)CCCn2c(-c3[c-]cccc3)nnc21.CC1CCC(C)n2c(-c3[c-]cccc3)nnc21.CC1CCCc2nnc(-c3[c-]cccc3)n21.CC1CCc2nnc(-c3[c-]cccc3)n2C1.CC1CCn2c(nnc2-c2[c-]cccc2)C1.[Ir].[Ir].[Ir].[Ir].[Ir].[Ir].[c-]1ccc2ccccc2c1-c1nnc2n1CCCC2. The number of aryl methyl sites for hydroxylation is 3. The molecule has 570 valence electrons. The maximum absolute atomic E-state index is 4.40. The van der Waals surface area contributed by atoms with E-state index in [1.807, 2.05) is 127 Å². The van der Waals surface area contributed by atoms with E-state index in [1.165, 1.54) is 75.0 Å². The van der Waals surface area contributed by atoms with E-state index in [4.69, 9.17) is 0 Å². The monoisotopic (exact) mass is 2490 g/mol. The Morgan fingerprint density at radius 3 is 1.47 bits per heavy atom. The van der Waals surface area contributed by atoms with Gasteiger partial charge in [0.05, 0.1) is 34.9 Å². The van der Waals surface area contributed by atoms with Gasteiger partial charge in [0.1, 0.15) is 34.9 Å². The van der Waals surface area contributed by atoms with Crippen LogP contribution in [0.15, 0.2) is 158 Å². The number of fused-ring (bicyclic) bond motifs is 7. The van der Waals surface area contributed by atoms with Crippen LogP contribution >= 0.6 is 0 Å². The molecule has 5 unspecified atom stereocenters. The first-order valence-electron chi connectivity index (χ1n) is 36.3. The van der Waals surface area contributed by atoms with E-state index in [0.717, 1.165) is 161 Å². The third kappa shape index (κ3) is 20.0. The van der Waals surface area contributed by atoms with Gasteiger partial charge in [-0.05, 0) is 89.9 Å². The summed E-state index contributed by atoms with van der Waals surface area (Å²) < 4.78 is 13.5. The molecule has 18 nitrogen and oxygen atoms in total. The Morgan fingerprint density at radius 1 is 0.355 bits per heavy atom. The van der Waals surface area contributed by atoms with Crippen LogP contribution in [-0.2, 0) is 178 Å². The van der Waals surface area contributed by atoms with Gasteiger partial charge in [-0.2, -0.15) is 30.6 Å². The van der Waals surface area contributed by atoms with E-state index in [9.17, 15) is 0 Å². The molecule has 6 aliphatic rings. The number of rotatable bonds is 6. The molecule has 6 aliphatic heterocycles. The molecule has 0 bridgehead atoms. The van der Waals surface area contributed by atoms with Gasteiger partial charge in [-0.25, -0.2) is 0 Å². The van der Waals surface area contributed by atoms with Gasteiger partial charge in [-0.1, -0.05) is 69.8 Å². The molecule has 0 aliphatic carbocycles. The predicted octanol–water partition coefficient (Wildman–Crippen LogP) is 16.5. The van der Waals surface area contributed by atoms with Gasteiger partial charge < -0.3 is 27.4 Å². The quantitative estimate of drug-likeness (QED) is 0.144. The topological polar surface area (TPSA) is 184 Å². The molecular formula is C83H88Ir6N18-6. The first-order valence-corrected chi connectivity index (χ1v) is 36.3. The average Bonchev–Trinajstić information content (AvgIpc) is 1.62. The van der Waals surface area contributed by atoms with Crippen LogP contribution in [0.4, 0.5) is 0 Å². The van der Waals surface area contributed by atoms with Crippen LogP contribution in [0.25, 0.3) is 79.1 Å². The van der Waals surface area contributed by atoms with Crippen LogP contribution in [0.5, 0.6) is 0 Å². The number of benzene rings is 7. The Morgan fingerprint density at radius 2 is 0.841 bits per heavy atom. The zero-order valence-electron chi connectivity index (χ0n) is 61.2. The molecule has 0 fully saturated rings. The second kappa shape index (κ2) is 40.5. The van der Waals surface area contributed by atoms with Gasteiger partial charge in [-0.3, -0.25) is 0 Å². The summed E-state index contributed by atoms with van der Waals surface area (Å²) in [5.41, 5.74) is 6.38. The van der Waals surface area contributed by atoms with Crippen molar-refractivity contribution in [2.75, 3.05) is 0 Å². The molecule has 7 aromatic carbocycles. The van der Waals surface area contributed by atoms with Crippen LogP contribution in [0.3, 0.4) is 0 Å². The fraction of sp³-hybridized carbons (Fsp3) is 0.373. The summed E-state index contributed by atoms with van der Waals surface area (Å²) >= 11 is 0. The molecule has 6 radical (unpaired) electrons. The molecule has 12 heterocycles. The van der Waals surface area contributed by atoms with Gasteiger partial charge in [0.2, 0.25) is 0 Å². The molecule has 0 saturated heterocycles. The predicted molar refractivity (Wildman–Crippen MR) is 393 cm³/mol. The van der Waals surface area contributed by atoms with Gasteiger partial charge in [0.15, 0.2) is 0 Å². The van der Waals surface area contributed by atoms with Crippen molar-refractivity contribution in [3.63, 3.8) is 0 Å². The normalized spacial score (nSPS) is 17.8. The van der Waals surface area contributed by atoms with E-state index >= 15 is 0 Å². The second-order valence-corrected chi connectivity index (χ2v) is 28.4. The van der Waals surface area contributed by atoms with E-state index < -0.39 is 0 Å². The molecule has 0 saturated carbocycles. The molecule has 0 spiro atoms. The van der Waals surface area contributed by atoms with Gasteiger partial charge >= 0.3 is 0 Å².